The van der Waals surface area contributed by atoms with Gasteiger partial charge in [-0.2, -0.15) is 0 Å². The molecule has 0 radical (unpaired) electrons. The molecule has 0 aliphatic heterocycles. The molecule has 1 rings (SSSR count). The fraction of sp³-hybridized carbons (Fsp3) is 0.583. The van der Waals surface area contributed by atoms with Crippen LogP contribution in [-0.2, 0) is 9.53 Å². The van der Waals surface area contributed by atoms with E-state index >= 15 is 0 Å². The topological polar surface area (TPSA) is 26.3 Å². The van der Waals surface area contributed by atoms with Crippen molar-refractivity contribution in [3.63, 3.8) is 0 Å². The summed E-state index contributed by atoms with van der Waals surface area (Å²) in [5.41, 5.74) is 1.39. The van der Waals surface area contributed by atoms with Crippen molar-refractivity contribution in [1.29, 1.82) is 0 Å². The number of hydrogen-bond acceptors (Lipinski definition) is 2. The van der Waals surface area contributed by atoms with E-state index in [0.717, 1.165) is 28.5 Å². The number of halogens is 1. The first-order chi connectivity index (χ1) is 6.79. The van der Waals surface area contributed by atoms with Crippen molar-refractivity contribution in [1.82, 2.24) is 0 Å². The maximum absolute atomic E-state index is 11.8. The summed E-state index contributed by atoms with van der Waals surface area (Å²) in [5, 5.41) is 0. The van der Waals surface area contributed by atoms with E-state index in [-0.39, 0.29) is 5.97 Å². The van der Waals surface area contributed by atoms with Crippen LogP contribution >= 0.6 is 15.9 Å². The Morgan fingerprint density at radius 3 is 2.47 bits per heavy atom. The lowest BCUT2D eigenvalue weighted by Gasteiger charge is -2.22. The van der Waals surface area contributed by atoms with E-state index in [4.69, 9.17) is 4.74 Å². The van der Waals surface area contributed by atoms with Crippen LogP contribution in [0.3, 0.4) is 0 Å². The van der Waals surface area contributed by atoms with Gasteiger partial charge >= 0.3 is 5.97 Å². The molecule has 0 amide bonds. The van der Waals surface area contributed by atoms with E-state index in [0.29, 0.717) is 0 Å². The normalized spacial score (nSPS) is 17.5. The average molecular weight is 273 g/mol. The first-order valence-corrected chi connectivity index (χ1v) is 5.88. The standard InChI is InChI=1S/C12H17BrO2/c1-8-7-9(13)5-6-10(8)11(14)15-12(2,3)4/h7H,5-6H2,1-4H3. The first kappa shape index (κ1) is 12.5. The van der Waals surface area contributed by atoms with Gasteiger partial charge in [0, 0.05) is 5.57 Å². The Bertz CT molecular complexity index is 332. The number of allylic oxidation sites excluding steroid dienone is 3. The molecule has 0 saturated carbocycles. The van der Waals surface area contributed by atoms with Crippen molar-refractivity contribution in [3.8, 4) is 0 Å². The van der Waals surface area contributed by atoms with E-state index < -0.39 is 5.60 Å². The third-order valence-electron chi connectivity index (χ3n) is 2.11. The SMILES string of the molecule is CC1=C(C(=O)OC(C)(C)C)CCC(Br)=C1. The number of rotatable bonds is 1. The van der Waals surface area contributed by atoms with Crippen LogP contribution in [0.1, 0.15) is 40.5 Å². The minimum absolute atomic E-state index is 0.184. The minimum Gasteiger partial charge on any atom is -0.457 e. The molecule has 0 aromatic rings. The Morgan fingerprint density at radius 1 is 1.40 bits per heavy atom. The van der Waals surface area contributed by atoms with Crippen LogP contribution in [-0.4, -0.2) is 11.6 Å². The number of hydrogen-bond donors (Lipinski definition) is 0. The third kappa shape index (κ3) is 3.82. The Balaban J connectivity index is 2.81. The summed E-state index contributed by atoms with van der Waals surface area (Å²) < 4.78 is 6.49. The summed E-state index contributed by atoms with van der Waals surface area (Å²) in [6.45, 7) is 7.60. The highest BCUT2D eigenvalue weighted by atomic mass is 79.9. The fourth-order valence-electron chi connectivity index (χ4n) is 1.44. The molecule has 0 fully saturated rings. The number of esters is 1. The van der Waals surface area contributed by atoms with E-state index in [1.807, 2.05) is 33.8 Å². The highest BCUT2D eigenvalue weighted by molar-refractivity contribution is 9.11. The summed E-state index contributed by atoms with van der Waals surface area (Å²) >= 11 is 3.44. The quantitative estimate of drug-likeness (QED) is 0.681. The summed E-state index contributed by atoms with van der Waals surface area (Å²) in [7, 11) is 0. The summed E-state index contributed by atoms with van der Waals surface area (Å²) in [4.78, 5) is 11.8. The third-order valence-corrected chi connectivity index (χ3v) is 2.73. The molecule has 1 aliphatic carbocycles. The molecule has 0 atom stereocenters. The molecule has 0 unspecified atom stereocenters. The highest BCUT2D eigenvalue weighted by Gasteiger charge is 2.22. The van der Waals surface area contributed by atoms with Crippen molar-refractivity contribution < 1.29 is 9.53 Å². The van der Waals surface area contributed by atoms with Gasteiger partial charge in [-0.15, -0.1) is 0 Å². The molecule has 0 saturated heterocycles. The van der Waals surface area contributed by atoms with Crippen molar-refractivity contribution in [3.05, 3.63) is 21.7 Å². The first-order valence-electron chi connectivity index (χ1n) is 5.09. The molecule has 84 valence electrons. The van der Waals surface area contributed by atoms with Gasteiger partial charge in [0.05, 0.1) is 0 Å². The zero-order chi connectivity index (χ0) is 11.6. The Hall–Kier alpha value is -0.570. The molecule has 1 aliphatic rings. The average Bonchev–Trinajstić information content (AvgIpc) is 1.99. The van der Waals surface area contributed by atoms with Crippen LogP contribution in [0, 0.1) is 0 Å². The lowest BCUT2D eigenvalue weighted by molar-refractivity contribution is -0.150. The van der Waals surface area contributed by atoms with E-state index in [2.05, 4.69) is 15.9 Å². The molecule has 2 nitrogen and oxygen atoms in total. The van der Waals surface area contributed by atoms with E-state index in [9.17, 15) is 4.79 Å². The molecule has 0 spiro atoms. The Kier molecular flexibility index (Phi) is 3.77. The summed E-state index contributed by atoms with van der Waals surface area (Å²) in [6.07, 6.45) is 3.63. The Labute approximate surface area is 99.5 Å². The number of carbonyl (C=O) groups is 1. The zero-order valence-corrected chi connectivity index (χ0v) is 11.3. The molecular formula is C12H17BrO2. The zero-order valence-electron chi connectivity index (χ0n) is 9.69. The van der Waals surface area contributed by atoms with Gasteiger partial charge < -0.3 is 4.74 Å². The van der Waals surface area contributed by atoms with Crippen molar-refractivity contribution in [2.24, 2.45) is 0 Å². The fourth-order valence-corrected chi connectivity index (χ4v) is 1.98. The van der Waals surface area contributed by atoms with Gasteiger partial charge in [-0.1, -0.05) is 15.9 Å². The molecule has 0 N–H and O–H groups in total. The maximum Gasteiger partial charge on any atom is 0.334 e. The monoisotopic (exact) mass is 272 g/mol. The summed E-state index contributed by atoms with van der Waals surface area (Å²) in [6, 6.07) is 0. The van der Waals surface area contributed by atoms with Crippen molar-refractivity contribution >= 4 is 21.9 Å². The van der Waals surface area contributed by atoms with Gasteiger partial charge in [-0.05, 0) is 56.7 Å². The second-order valence-electron chi connectivity index (χ2n) is 4.75. The predicted octanol–water partition coefficient (Wildman–Crippen LogP) is 3.72. The van der Waals surface area contributed by atoms with Crippen molar-refractivity contribution in [2.75, 3.05) is 0 Å². The van der Waals surface area contributed by atoms with Gasteiger partial charge in [0.25, 0.3) is 0 Å². The van der Waals surface area contributed by atoms with Crippen LogP contribution < -0.4 is 0 Å². The highest BCUT2D eigenvalue weighted by Crippen LogP contribution is 2.28. The maximum atomic E-state index is 11.8. The lowest BCUT2D eigenvalue weighted by Crippen LogP contribution is -2.25. The largest absolute Gasteiger partial charge is 0.457 e. The van der Waals surface area contributed by atoms with Gasteiger partial charge in [0.2, 0.25) is 0 Å². The molecule has 0 heterocycles. The van der Waals surface area contributed by atoms with E-state index in [1.54, 1.807) is 0 Å². The molecule has 0 aromatic heterocycles. The minimum atomic E-state index is -0.414. The van der Waals surface area contributed by atoms with Crippen LogP contribution in [0.15, 0.2) is 21.7 Å². The van der Waals surface area contributed by atoms with Crippen molar-refractivity contribution in [2.45, 2.75) is 46.1 Å². The lowest BCUT2D eigenvalue weighted by atomic mass is 9.98. The molecule has 0 bridgehead atoms. The smallest absolute Gasteiger partial charge is 0.334 e. The van der Waals surface area contributed by atoms with E-state index in [1.165, 1.54) is 0 Å². The second-order valence-corrected chi connectivity index (χ2v) is 5.77. The van der Waals surface area contributed by atoms with Gasteiger partial charge in [0.15, 0.2) is 0 Å². The molecule has 3 heteroatoms. The van der Waals surface area contributed by atoms with Crippen LogP contribution in [0.4, 0.5) is 0 Å². The van der Waals surface area contributed by atoms with Gasteiger partial charge in [-0.3, -0.25) is 0 Å². The Morgan fingerprint density at radius 2 is 2.00 bits per heavy atom. The van der Waals surface area contributed by atoms with Crippen LogP contribution in [0.25, 0.3) is 0 Å². The summed E-state index contributed by atoms with van der Waals surface area (Å²) in [5.74, 6) is -0.184. The molecule has 0 aromatic carbocycles. The van der Waals surface area contributed by atoms with Crippen LogP contribution in [0.2, 0.25) is 0 Å². The number of carbonyl (C=O) groups excluding carboxylic acids is 1. The predicted molar refractivity (Wildman–Crippen MR) is 64.8 cm³/mol. The second kappa shape index (κ2) is 4.52. The van der Waals surface area contributed by atoms with Gasteiger partial charge in [-0.25, -0.2) is 4.79 Å². The van der Waals surface area contributed by atoms with Crippen LogP contribution in [0.5, 0.6) is 0 Å². The number of ether oxygens (including phenoxy) is 1. The molecule has 15 heavy (non-hydrogen) atoms. The van der Waals surface area contributed by atoms with Gasteiger partial charge in [0.1, 0.15) is 5.60 Å². The molecular weight excluding hydrogens is 256 g/mol.